The number of ether oxygens (including phenoxy) is 2. The molecule has 0 amide bonds. The van der Waals surface area contributed by atoms with Gasteiger partial charge in [0.2, 0.25) is 0 Å². The number of Topliss-reactive ketones (excluding diaryl/α,β-unsaturated/α-hetero) is 1. The number of carbonyl (C=O) groups excluding carboxylic acids is 2. The third-order valence-corrected chi connectivity index (χ3v) is 1.99. The SMILES string of the molecule is CC(=O)CCOCC(=O)O.C[O-].O=C(O)CBr.O=C1CCO1.[Na+]. The zero-order valence-corrected chi connectivity index (χ0v) is 17.0. The summed E-state index contributed by atoms with van der Waals surface area (Å²) >= 11 is 2.71. The Labute approximate surface area is 164 Å². The molecule has 0 unspecified atom stereocenters. The number of carboxylic acids is 2. The van der Waals surface area contributed by atoms with Gasteiger partial charge in [-0.1, -0.05) is 15.9 Å². The fourth-order valence-electron chi connectivity index (χ4n) is 0.561. The van der Waals surface area contributed by atoms with Gasteiger partial charge in [-0.05, 0) is 6.92 Å². The van der Waals surface area contributed by atoms with Crippen LogP contribution in [0.3, 0.4) is 0 Å². The molecule has 11 heteroatoms. The maximum Gasteiger partial charge on any atom is 1.00 e. The van der Waals surface area contributed by atoms with Crippen molar-refractivity contribution in [3.63, 3.8) is 0 Å². The van der Waals surface area contributed by atoms with E-state index in [1.165, 1.54) is 6.92 Å². The van der Waals surface area contributed by atoms with Gasteiger partial charge in [0, 0.05) is 6.42 Å². The number of hydrogen-bond donors (Lipinski definition) is 2. The van der Waals surface area contributed by atoms with Crippen molar-refractivity contribution in [2.45, 2.75) is 19.8 Å². The van der Waals surface area contributed by atoms with Gasteiger partial charge in [0.25, 0.3) is 0 Å². The van der Waals surface area contributed by atoms with E-state index in [4.69, 9.17) is 15.3 Å². The number of hydrogen-bond acceptors (Lipinski definition) is 7. The molecule has 0 aromatic heterocycles. The Balaban J connectivity index is -0.000000118. The van der Waals surface area contributed by atoms with E-state index in [1.54, 1.807) is 0 Å². The van der Waals surface area contributed by atoms with E-state index in [1.807, 2.05) is 0 Å². The van der Waals surface area contributed by atoms with Crippen LogP contribution in [-0.4, -0.2) is 66.2 Å². The molecule has 1 saturated heterocycles. The predicted octanol–water partition coefficient (Wildman–Crippen LogP) is -3.55. The van der Waals surface area contributed by atoms with Crippen LogP contribution in [0.25, 0.3) is 0 Å². The largest absolute Gasteiger partial charge is 1.00 e. The Morgan fingerprint density at radius 2 is 1.65 bits per heavy atom. The first-order chi connectivity index (χ1) is 10.3. The first-order valence-corrected chi connectivity index (χ1v) is 7.05. The van der Waals surface area contributed by atoms with Crippen LogP contribution in [0, 0.1) is 0 Å². The molecule has 0 spiro atoms. The molecule has 1 heterocycles. The van der Waals surface area contributed by atoms with Crippen molar-refractivity contribution < 1.29 is 73.5 Å². The number of rotatable bonds is 6. The summed E-state index contributed by atoms with van der Waals surface area (Å²) in [6.45, 7) is 1.94. The summed E-state index contributed by atoms with van der Waals surface area (Å²) in [5.74, 6) is -1.90. The number of alkyl halides is 1. The van der Waals surface area contributed by atoms with Crippen molar-refractivity contribution in [3.8, 4) is 0 Å². The molecule has 2 N–H and O–H groups in total. The zero-order valence-electron chi connectivity index (χ0n) is 13.4. The number of carbonyl (C=O) groups is 4. The van der Waals surface area contributed by atoms with Gasteiger partial charge in [0.05, 0.1) is 13.0 Å². The summed E-state index contributed by atoms with van der Waals surface area (Å²) in [4.78, 5) is 39.1. The first-order valence-electron chi connectivity index (χ1n) is 5.92. The molecule has 0 bridgehead atoms. The minimum atomic E-state index is -1.01. The Hall–Kier alpha value is -0.520. The third kappa shape index (κ3) is 38.9. The van der Waals surface area contributed by atoms with Crippen LogP contribution in [0.1, 0.15) is 19.8 Å². The monoisotopic (exact) mass is 410 g/mol. The molecule has 0 saturated carbocycles. The molecule has 0 radical (unpaired) electrons. The van der Waals surface area contributed by atoms with Crippen LogP contribution < -0.4 is 34.7 Å². The summed E-state index contributed by atoms with van der Waals surface area (Å²) in [6.07, 6.45) is 0.910. The topological polar surface area (TPSA) is 150 Å². The Morgan fingerprint density at radius 3 is 1.83 bits per heavy atom. The smallest absolute Gasteiger partial charge is 0.857 e. The number of esters is 1. The second-order valence-corrected chi connectivity index (χ2v) is 3.96. The molecule has 0 aliphatic carbocycles. The van der Waals surface area contributed by atoms with E-state index >= 15 is 0 Å². The average Bonchev–Trinajstić information content (AvgIpc) is 2.44. The van der Waals surface area contributed by atoms with Gasteiger partial charge in [0.1, 0.15) is 24.3 Å². The maximum atomic E-state index is 10.3. The molecule has 1 aliphatic heterocycles. The molecule has 23 heavy (non-hydrogen) atoms. The van der Waals surface area contributed by atoms with Gasteiger partial charge in [-0.15, -0.1) is 0 Å². The Morgan fingerprint density at radius 1 is 1.26 bits per heavy atom. The zero-order chi connectivity index (χ0) is 18.0. The van der Waals surface area contributed by atoms with Gasteiger partial charge < -0.3 is 24.8 Å². The summed E-state index contributed by atoms with van der Waals surface area (Å²) in [7, 11) is 0.750. The molecule has 9 nitrogen and oxygen atoms in total. The van der Waals surface area contributed by atoms with Crippen LogP contribution in [0.5, 0.6) is 0 Å². The molecule has 130 valence electrons. The number of carboxylic acid groups (broad SMARTS) is 2. The number of cyclic esters (lactones) is 1. The number of halogens is 1. The molecule has 0 atom stereocenters. The second kappa shape index (κ2) is 23.7. The molecule has 0 aromatic carbocycles. The predicted molar refractivity (Wildman–Crippen MR) is 76.7 cm³/mol. The normalized spacial score (nSPS) is 10.3. The second-order valence-electron chi connectivity index (χ2n) is 3.40. The molecule has 0 aromatic rings. The van der Waals surface area contributed by atoms with E-state index in [0.29, 0.717) is 13.0 Å². The quantitative estimate of drug-likeness (QED) is 0.196. The van der Waals surface area contributed by atoms with E-state index in [0.717, 1.165) is 7.11 Å². The first kappa shape index (κ1) is 30.4. The van der Waals surface area contributed by atoms with E-state index < -0.39 is 11.9 Å². The Kier molecular flexibility index (Phi) is 31.4. The molecular weight excluding hydrogens is 391 g/mol. The minimum absolute atomic E-state index is 0. The van der Waals surface area contributed by atoms with Crippen molar-refractivity contribution in [3.05, 3.63) is 0 Å². The van der Waals surface area contributed by atoms with Crippen molar-refractivity contribution >= 4 is 39.6 Å². The fourth-order valence-corrected chi connectivity index (χ4v) is 0.561. The van der Waals surface area contributed by atoms with Crippen LogP contribution >= 0.6 is 15.9 Å². The van der Waals surface area contributed by atoms with Gasteiger partial charge in [-0.25, -0.2) is 4.79 Å². The van der Waals surface area contributed by atoms with E-state index in [9.17, 15) is 19.2 Å². The minimum Gasteiger partial charge on any atom is -0.857 e. The van der Waals surface area contributed by atoms with Crippen molar-refractivity contribution in [1.29, 1.82) is 0 Å². The van der Waals surface area contributed by atoms with Crippen LogP contribution in [-0.2, 0) is 28.7 Å². The maximum absolute atomic E-state index is 10.3. The van der Waals surface area contributed by atoms with Crippen LogP contribution in [0.4, 0.5) is 0 Å². The summed E-state index contributed by atoms with van der Waals surface area (Å²) in [5, 5.41) is 24.0. The molecule has 1 aliphatic rings. The molecule has 1 rings (SSSR count). The van der Waals surface area contributed by atoms with Crippen molar-refractivity contribution in [2.24, 2.45) is 0 Å². The third-order valence-electron chi connectivity index (χ3n) is 1.51. The number of ketones is 1. The Bertz CT molecular complexity index is 307. The summed E-state index contributed by atoms with van der Waals surface area (Å²) < 4.78 is 8.88. The summed E-state index contributed by atoms with van der Waals surface area (Å²) in [5.41, 5.74) is 0. The van der Waals surface area contributed by atoms with Gasteiger partial charge in [0.15, 0.2) is 0 Å². The molecule has 1 fully saturated rings. The number of aliphatic carboxylic acids is 2. The van der Waals surface area contributed by atoms with Gasteiger partial charge >= 0.3 is 47.5 Å². The van der Waals surface area contributed by atoms with Crippen molar-refractivity contribution in [2.75, 3.05) is 32.3 Å². The van der Waals surface area contributed by atoms with Crippen LogP contribution in [0.15, 0.2) is 0 Å². The standard InChI is InChI=1S/C6H10O4.C3H4O2.C2H3BrO2.CH3O.Na/c1-5(7)2-3-10-4-6(8)9;4-3-1-2-5-3;3-1-2(4)5;1-2;/h2-4H2,1H3,(H,8,9);1-2H2;1H2,(H,4,5);1H3;/q;;;-1;+1. The fraction of sp³-hybridized carbons (Fsp3) is 0.667. The average molecular weight is 411 g/mol. The van der Waals surface area contributed by atoms with Crippen LogP contribution in [0.2, 0.25) is 0 Å². The van der Waals surface area contributed by atoms with Gasteiger partial charge in [-0.3, -0.25) is 14.4 Å². The van der Waals surface area contributed by atoms with Crippen molar-refractivity contribution in [1.82, 2.24) is 0 Å². The van der Waals surface area contributed by atoms with E-state index in [-0.39, 0.29) is 66.3 Å². The van der Waals surface area contributed by atoms with E-state index in [2.05, 4.69) is 25.4 Å². The van der Waals surface area contributed by atoms with Gasteiger partial charge in [-0.2, -0.15) is 7.11 Å². The molecular formula is C12H20BrNaO9. The summed E-state index contributed by atoms with van der Waals surface area (Å²) in [6, 6.07) is 0.